The molecule has 0 saturated heterocycles. The standard InChI is InChI=1S/C34H27N3O2/c1-2-3-14-25-15-13-22-29-31(25)33(39)37(32(29)38)30-23-36(24-35-30)34(26-16-7-4-8-17-26,27-18-9-5-10-19-27)28-20-11-6-12-21-28/h2-13,15-24H,14H2,1H3. The van der Waals surface area contributed by atoms with Crippen LogP contribution in [0.15, 0.2) is 134 Å². The summed E-state index contributed by atoms with van der Waals surface area (Å²) in [5.41, 5.74) is 4.00. The second-order valence-corrected chi connectivity index (χ2v) is 9.51. The normalized spacial score (nSPS) is 13.3. The number of carbonyl (C=O) groups is 2. The van der Waals surface area contributed by atoms with Crippen LogP contribution in [0.4, 0.5) is 5.82 Å². The maximum atomic E-state index is 13.7. The van der Waals surface area contributed by atoms with Gasteiger partial charge in [0, 0.05) is 0 Å². The number of hydrogen-bond donors (Lipinski definition) is 0. The average Bonchev–Trinajstić information content (AvgIpc) is 3.57. The average molecular weight is 510 g/mol. The Morgan fingerprint density at radius 1 is 0.718 bits per heavy atom. The van der Waals surface area contributed by atoms with Crippen LogP contribution in [0, 0.1) is 0 Å². The van der Waals surface area contributed by atoms with Crippen molar-refractivity contribution in [2.24, 2.45) is 0 Å². The molecular weight excluding hydrogens is 482 g/mol. The third kappa shape index (κ3) is 3.91. The van der Waals surface area contributed by atoms with E-state index in [2.05, 4.69) is 41.4 Å². The van der Waals surface area contributed by atoms with Gasteiger partial charge in [-0.2, -0.15) is 0 Å². The maximum Gasteiger partial charge on any atom is 0.267 e. The van der Waals surface area contributed by atoms with E-state index in [4.69, 9.17) is 0 Å². The summed E-state index contributed by atoms with van der Waals surface area (Å²) in [7, 11) is 0. The lowest BCUT2D eigenvalue weighted by Gasteiger charge is -2.37. The Bertz CT molecular complexity index is 1580. The molecule has 0 aliphatic carbocycles. The number of fused-ring (bicyclic) bond motifs is 1. The molecule has 0 bridgehead atoms. The van der Waals surface area contributed by atoms with Crippen LogP contribution < -0.4 is 4.90 Å². The Hall–Kier alpha value is -5.03. The van der Waals surface area contributed by atoms with Gasteiger partial charge in [0.25, 0.3) is 11.8 Å². The lowest BCUT2D eigenvalue weighted by atomic mass is 9.77. The van der Waals surface area contributed by atoms with E-state index in [1.54, 1.807) is 18.6 Å². The smallest absolute Gasteiger partial charge is 0.267 e. The van der Waals surface area contributed by atoms with Crippen LogP contribution in [-0.4, -0.2) is 21.4 Å². The SMILES string of the molecule is CC=CCc1cccc2c1C(=O)N(c1cn(C(c3ccccc3)(c3ccccc3)c3ccccc3)cn1)C2=O. The molecule has 0 N–H and O–H groups in total. The first kappa shape index (κ1) is 24.3. The van der Waals surface area contributed by atoms with Gasteiger partial charge in [0.05, 0.1) is 23.7 Å². The Kier molecular flexibility index (Phi) is 6.25. The Morgan fingerprint density at radius 3 is 1.82 bits per heavy atom. The van der Waals surface area contributed by atoms with E-state index in [1.807, 2.05) is 90.4 Å². The fraction of sp³-hybridized carbons (Fsp3) is 0.0882. The van der Waals surface area contributed by atoms with Gasteiger partial charge in [0.2, 0.25) is 0 Å². The Labute approximate surface area is 227 Å². The van der Waals surface area contributed by atoms with E-state index in [1.165, 1.54) is 4.90 Å². The minimum absolute atomic E-state index is 0.297. The summed E-state index contributed by atoms with van der Waals surface area (Å²) in [5.74, 6) is -0.400. The zero-order valence-electron chi connectivity index (χ0n) is 21.6. The zero-order valence-corrected chi connectivity index (χ0v) is 21.6. The quantitative estimate of drug-likeness (QED) is 0.140. The summed E-state index contributed by atoms with van der Waals surface area (Å²) < 4.78 is 2.01. The molecule has 1 aromatic heterocycles. The highest BCUT2D eigenvalue weighted by Crippen LogP contribution is 2.42. The summed E-state index contributed by atoms with van der Waals surface area (Å²) >= 11 is 0. The number of aromatic nitrogens is 2. The molecule has 0 saturated carbocycles. The molecule has 0 spiro atoms. The zero-order chi connectivity index (χ0) is 26.8. The first-order chi connectivity index (χ1) is 19.2. The topological polar surface area (TPSA) is 55.2 Å². The monoisotopic (exact) mass is 509 g/mol. The molecule has 0 fully saturated rings. The van der Waals surface area contributed by atoms with Crippen molar-refractivity contribution in [2.45, 2.75) is 18.9 Å². The summed E-state index contributed by atoms with van der Waals surface area (Å²) in [4.78, 5) is 33.1. The molecule has 6 rings (SSSR count). The summed E-state index contributed by atoms with van der Waals surface area (Å²) in [6, 6.07) is 36.1. The molecule has 39 heavy (non-hydrogen) atoms. The van der Waals surface area contributed by atoms with Crippen LogP contribution in [-0.2, 0) is 12.0 Å². The third-order valence-corrected chi connectivity index (χ3v) is 7.33. The van der Waals surface area contributed by atoms with E-state index >= 15 is 0 Å². The van der Waals surface area contributed by atoms with E-state index in [9.17, 15) is 9.59 Å². The van der Waals surface area contributed by atoms with Gasteiger partial charge in [0.1, 0.15) is 5.54 Å². The Balaban J connectivity index is 1.53. The molecule has 1 aliphatic heterocycles. The molecule has 1 aliphatic rings. The minimum Gasteiger partial charge on any atom is -0.317 e. The van der Waals surface area contributed by atoms with Gasteiger partial charge < -0.3 is 4.57 Å². The number of imide groups is 1. The minimum atomic E-state index is -0.787. The number of amides is 2. The van der Waals surface area contributed by atoms with Crippen molar-refractivity contribution in [3.63, 3.8) is 0 Å². The fourth-order valence-corrected chi connectivity index (χ4v) is 5.57. The summed E-state index contributed by atoms with van der Waals surface area (Å²) in [6.45, 7) is 1.94. The maximum absolute atomic E-state index is 13.7. The summed E-state index contributed by atoms with van der Waals surface area (Å²) in [6.07, 6.45) is 8.03. The predicted molar refractivity (Wildman–Crippen MR) is 153 cm³/mol. The third-order valence-electron chi connectivity index (χ3n) is 7.33. The van der Waals surface area contributed by atoms with E-state index in [0.29, 0.717) is 23.4 Å². The van der Waals surface area contributed by atoms with Crippen LogP contribution >= 0.6 is 0 Å². The second-order valence-electron chi connectivity index (χ2n) is 9.51. The fourth-order valence-electron chi connectivity index (χ4n) is 5.57. The first-order valence-corrected chi connectivity index (χ1v) is 13.0. The number of carbonyl (C=O) groups excluding carboxylic acids is 2. The van der Waals surface area contributed by atoms with Gasteiger partial charge in [-0.25, -0.2) is 9.88 Å². The van der Waals surface area contributed by atoms with Gasteiger partial charge in [-0.15, -0.1) is 0 Å². The lowest BCUT2D eigenvalue weighted by molar-refractivity contribution is 0.0925. The van der Waals surface area contributed by atoms with Crippen molar-refractivity contribution in [1.82, 2.24) is 9.55 Å². The number of nitrogens with zero attached hydrogens (tertiary/aromatic N) is 3. The Morgan fingerprint density at radius 2 is 1.28 bits per heavy atom. The van der Waals surface area contributed by atoms with E-state index in [0.717, 1.165) is 22.3 Å². The van der Waals surface area contributed by atoms with Crippen LogP contribution in [0.25, 0.3) is 0 Å². The van der Waals surface area contributed by atoms with Crippen LogP contribution in [0.3, 0.4) is 0 Å². The molecule has 0 radical (unpaired) electrons. The van der Waals surface area contributed by atoms with E-state index < -0.39 is 5.54 Å². The van der Waals surface area contributed by atoms with Crippen LogP contribution in [0.2, 0.25) is 0 Å². The highest BCUT2D eigenvalue weighted by atomic mass is 16.2. The number of benzene rings is 4. The largest absolute Gasteiger partial charge is 0.317 e. The van der Waals surface area contributed by atoms with Crippen molar-refractivity contribution in [2.75, 3.05) is 4.90 Å². The number of hydrogen-bond acceptors (Lipinski definition) is 3. The predicted octanol–water partition coefficient (Wildman–Crippen LogP) is 6.64. The van der Waals surface area contributed by atoms with Gasteiger partial charge in [-0.3, -0.25) is 9.59 Å². The van der Waals surface area contributed by atoms with Gasteiger partial charge in [-0.1, -0.05) is 115 Å². The van der Waals surface area contributed by atoms with E-state index in [-0.39, 0.29) is 11.8 Å². The molecule has 2 heterocycles. The molecule has 5 nitrogen and oxygen atoms in total. The number of imidazole rings is 1. The van der Waals surface area contributed by atoms with Gasteiger partial charge in [-0.05, 0) is 41.7 Å². The van der Waals surface area contributed by atoms with Crippen molar-refractivity contribution in [3.05, 3.63) is 167 Å². The first-order valence-electron chi connectivity index (χ1n) is 13.0. The van der Waals surface area contributed by atoms with Crippen LogP contribution in [0.5, 0.6) is 0 Å². The molecule has 190 valence electrons. The molecule has 5 heteroatoms. The number of anilines is 1. The van der Waals surface area contributed by atoms with Crippen molar-refractivity contribution >= 4 is 17.6 Å². The number of allylic oxidation sites excluding steroid dienone is 2. The number of rotatable bonds is 7. The molecule has 0 unspecified atom stereocenters. The van der Waals surface area contributed by atoms with Crippen molar-refractivity contribution < 1.29 is 9.59 Å². The van der Waals surface area contributed by atoms with Crippen LogP contribution in [0.1, 0.15) is 49.9 Å². The molecule has 2 amide bonds. The van der Waals surface area contributed by atoms with Gasteiger partial charge in [0.15, 0.2) is 5.82 Å². The highest BCUT2D eigenvalue weighted by molar-refractivity contribution is 6.34. The molecule has 5 aromatic rings. The summed E-state index contributed by atoms with van der Waals surface area (Å²) in [5, 5.41) is 0. The molecular formula is C34H27N3O2. The molecule has 4 aromatic carbocycles. The lowest BCUT2D eigenvalue weighted by Crippen LogP contribution is -2.37. The second kappa shape index (κ2) is 10.0. The molecule has 0 atom stereocenters. The van der Waals surface area contributed by atoms with Crippen molar-refractivity contribution in [3.8, 4) is 0 Å². The van der Waals surface area contributed by atoms with Gasteiger partial charge >= 0.3 is 0 Å². The highest BCUT2D eigenvalue weighted by Gasteiger charge is 2.42. The van der Waals surface area contributed by atoms with Crippen molar-refractivity contribution in [1.29, 1.82) is 0 Å².